The van der Waals surface area contributed by atoms with Crippen molar-refractivity contribution < 1.29 is 19.0 Å². The molecule has 0 aliphatic heterocycles. The van der Waals surface area contributed by atoms with Gasteiger partial charge in [0.05, 0.1) is 7.11 Å². The van der Waals surface area contributed by atoms with Crippen LogP contribution < -0.4 is 14.8 Å². The van der Waals surface area contributed by atoms with Gasteiger partial charge < -0.3 is 19.9 Å². The molecular formula is C32H39FN2O3. The van der Waals surface area contributed by atoms with Gasteiger partial charge in [-0.3, -0.25) is 4.90 Å². The summed E-state index contributed by atoms with van der Waals surface area (Å²) >= 11 is 0. The van der Waals surface area contributed by atoms with Crippen molar-refractivity contribution in [2.24, 2.45) is 0 Å². The topological polar surface area (TPSA) is 54.0 Å². The summed E-state index contributed by atoms with van der Waals surface area (Å²) in [5.74, 6) is 1.54. The van der Waals surface area contributed by atoms with Crippen molar-refractivity contribution in [3.8, 4) is 17.2 Å². The van der Waals surface area contributed by atoms with Gasteiger partial charge in [-0.05, 0) is 97.7 Å². The number of methoxy groups -OCH3 is 1. The second kappa shape index (κ2) is 13.3. The Morgan fingerprint density at radius 3 is 2.79 bits per heavy atom. The molecule has 0 bridgehead atoms. The van der Waals surface area contributed by atoms with E-state index in [1.807, 2.05) is 37.4 Å². The number of benzene rings is 3. The fraction of sp³-hybridized carbons (Fsp3) is 0.375. The summed E-state index contributed by atoms with van der Waals surface area (Å²) in [6, 6.07) is 17.2. The number of aromatic hydroxyl groups is 1. The molecule has 3 aromatic rings. The van der Waals surface area contributed by atoms with Gasteiger partial charge in [-0.2, -0.15) is 0 Å². The monoisotopic (exact) mass is 518 g/mol. The molecule has 4 rings (SSSR count). The van der Waals surface area contributed by atoms with E-state index in [4.69, 9.17) is 9.47 Å². The molecule has 1 aliphatic carbocycles. The quantitative estimate of drug-likeness (QED) is 0.204. The second-order valence-electron chi connectivity index (χ2n) is 10.0. The number of fused-ring (bicyclic) bond motifs is 1. The Hall–Kier alpha value is -3.51. The molecule has 0 radical (unpaired) electrons. The van der Waals surface area contributed by atoms with Gasteiger partial charge in [0.2, 0.25) is 0 Å². The number of hydrogen-bond acceptors (Lipinski definition) is 5. The maximum atomic E-state index is 14.6. The van der Waals surface area contributed by atoms with Crippen LogP contribution in [0.25, 0.3) is 0 Å². The van der Waals surface area contributed by atoms with Crippen LogP contribution in [-0.4, -0.2) is 50.4 Å². The molecule has 3 aromatic carbocycles. The highest BCUT2D eigenvalue weighted by Gasteiger charge is 2.23. The van der Waals surface area contributed by atoms with Crippen LogP contribution in [0.4, 0.5) is 10.1 Å². The zero-order valence-corrected chi connectivity index (χ0v) is 22.5. The van der Waals surface area contributed by atoms with Crippen molar-refractivity contribution in [1.82, 2.24) is 4.90 Å². The molecule has 202 valence electrons. The van der Waals surface area contributed by atoms with Gasteiger partial charge >= 0.3 is 0 Å². The standard InChI is InChI=1S/C32H39FN2O3/c1-4-16-35(2)17-18-38-32-14-7-23(19-30(32)33)6-5-15-34-31-22-28(37-3)12-13-29(31)26-9-8-25-21-27(36)11-10-24(25)20-26/h4,7,10-14,19,21-22,26,34,36H,1,5-6,8-9,15-18,20H2,2-3H3. The van der Waals surface area contributed by atoms with E-state index in [9.17, 15) is 9.50 Å². The molecule has 38 heavy (non-hydrogen) atoms. The van der Waals surface area contributed by atoms with E-state index < -0.39 is 0 Å². The predicted molar refractivity (Wildman–Crippen MR) is 152 cm³/mol. The highest BCUT2D eigenvalue weighted by atomic mass is 19.1. The molecule has 0 heterocycles. The van der Waals surface area contributed by atoms with Crippen molar-refractivity contribution in [2.75, 3.05) is 45.7 Å². The van der Waals surface area contributed by atoms with Crippen LogP contribution in [0.5, 0.6) is 17.2 Å². The van der Waals surface area contributed by atoms with E-state index in [0.29, 0.717) is 30.6 Å². The first-order chi connectivity index (χ1) is 18.5. The lowest BCUT2D eigenvalue weighted by molar-refractivity contribution is 0.242. The summed E-state index contributed by atoms with van der Waals surface area (Å²) in [6.07, 6.45) is 6.42. The molecule has 1 unspecified atom stereocenters. The van der Waals surface area contributed by atoms with Crippen LogP contribution in [-0.2, 0) is 19.3 Å². The summed E-state index contributed by atoms with van der Waals surface area (Å²) < 4.78 is 25.7. The highest BCUT2D eigenvalue weighted by molar-refractivity contribution is 5.57. The minimum Gasteiger partial charge on any atom is -0.508 e. The minimum absolute atomic E-state index is 0.296. The third-order valence-electron chi connectivity index (χ3n) is 7.24. The Bertz CT molecular complexity index is 1230. The third kappa shape index (κ3) is 7.29. The first kappa shape index (κ1) is 27.5. The number of aryl methyl sites for hydroxylation is 2. The number of phenols is 1. The molecule has 5 nitrogen and oxygen atoms in total. The summed E-state index contributed by atoms with van der Waals surface area (Å²) in [7, 11) is 3.66. The molecule has 2 N–H and O–H groups in total. The average Bonchev–Trinajstić information content (AvgIpc) is 2.92. The molecule has 0 aromatic heterocycles. The SMILES string of the molecule is C=CCN(C)CCOc1ccc(CCCNc2cc(OC)ccc2C2CCc3cc(O)ccc3C2)cc1F. The van der Waals surface area contributed by atoms with E-state index in [2.05, 4.69) is 28.9 Å². The van der Waals surface area contributed by atoms with Crippen LogP contribution in [0.15, 0.2) is 67.3 Å². The van der Waals surface area contributed by atoms with Crippen LogP contribution in [0.3, 0.4) is 0 Å². The molecule has 6 heteroatoms. The number of rotatable bonds is 13. The lowest BCUT2D eigenvalue weighted by Gasteiger charge is -2.27. The summed E-state index contributed by atoms with van der Waals surface area (Å²) in [5.41, 5.74) is 5.88. The maximum absolute atomic E-state index is 14.6. The number of ether oxygens (including phenoxy) is 2. The number of halogens is 1. The smallest absolute Gasteiger partial charge is 0.165 e. The number of phenolic OH excluding ortho intramolecular Hbond substituents is 1. The third-order valence-corrected chi connectivity index (χ3v) is 7.24. The van der Waals surface area contributed by atoms with E-state index in [1.165, 1.54) is 16.7 Å². The lowest BCUT2D eigenvalue weighted by Crippen LogP contribution is -2.24. The second-order valence-corrected chi connectivity index (χ2v) is 10.0. The number of hydrogen-bond donors (Lipinski definition) is 2. The lowest BCUT2D eigenvalue weighted by atomic mass is 9.79. The van der Waals surface area contributed by atoms with E-state index >= 15 is 0 Å². The highest BCUT2D eigenvalue weighted by Crippen LogP contribution is 2.38. The predicted octanol–water partition coefficient (Wildman–Crippen LogP) is 6.35. The van der Waals surface area contributed by atoms with Crippen LogP contribution >= 0.6 is 0 Å². The van der Waals surface area contributed by atoms with Crippen LogP contribution in [0, 0.1) is 5.82 Å². The van der Waals surface area contributed by atoms with Crippen molar-refractivity contribution in [2.45, 2.75) is 38.0 Å². The fourth-order valence-electron chi connectivity index (χ4n) is 5.13. The summed E-state index contributed by atoms with van der Waals surface area (Å²) in [6.45, 7) is 6.41. The maximum Gasteiger partial charge on any atom is 0.165 e. The Balaban J connectivity index is 1.32. The van der Waals surface area contributed by atoms with Gasteiger partial charge in [0, 0.05) is 31.4 Å². The Kier molecular flexibility index (Phi) is 9.66. The van der Waals surface area contributed by atoms with Crippen LogP contribution in [0.1, 0.15) is 41.0 Å². The molecule has 0 saturated carbocycles. The molecule has 0 saturated heterocycles. The first-order valence-electron chi connectivity index (χ1n) is 13.4. The first-order valence-corrected chi connectivity index (χ1v) is 13.4. The van der Waals surface area contributed by atoms with Crippen molar-refractivity contribution in [1.29, 1.82) is 0 Å². The number of likely N-dealkylation sites (N-methyl/N-ethyl adjacent to an activating group) is 1. The zero-order chi connectivity index (χ0) is 26.9. The van der Waals surface area contributed by atoms with Crippen molar-refractivity contribution in [3.05, 3.63) is 95.3 Å². The molecular weight excluding hydrogens is 479 g/mol. The average molecular weight is 519 g/mol. The largest absolute Gasteiger partial charge is 0.508 e. The molecule has 0 amide bonds. The van der Waals surface area contributed by atoms with Gasteiger partial charge in [0.15, 0.2) is 11.6 Å². The van der Waals surface area contributed by atoms with E-state index in [-0.39, 0.29) is 5.82 Å². The van der Waals surface area contributed by atoms with Crippen molar-refractivity contribution in [3.63, 3.8) is 0 Å². The van der Waals surface area contributed by atoms with Crippen molar-refractivity contribution >= 4 is 5.69 Å². The van der Waals surface area contributed by atoms with Gasteiger partial charge in [-0.25, -0.2) is 4.39 Å². The fourth-order valence-corrected chi connectivity index (χ4v) is 5.13. The molecule has 0 fully saturated rings. The summed E-state index contributed by atoms with van der Waals surface area (Å²) in [5, 5.41) is 13.4. The Morgan fingerprint density at radius 2 is 2.00 bits per heavy atom. The van der Waals surface area contributed by atoms with Gasteiger partial charge in [0.1, 0.15) is 18.1 Å². The van der Waals surface area contributed by atoms with Gasteiger partial charge in [0.25, 0.3) is 0 Å². The summed E-state index contributed by atoms with van der Waals surface area (Å²) in [4.78, 5) is 2.07. The van der Waals surface area contributed by atoms with E-state index in [1.54, 1.807) is 25.3 Å². The molecule has 1 aliphatic rings. The number of nitrogens with one attached hydrogen (secondary N) is 1. The van der Waals surface area contributed by atoms with Gasteiger partial charge in [-0.1, -0.05) is 24.3 Å². The Labute approximate surface area is 225 Å². The van der Waals surface area contributed by atoms with Gasteiger partial charge in [-0.15, -0.1) is 6.58 Å². The van der Waals surface area contributed by atoms with Crippen LogP contribution in [0.2, 0.25) is 0 Å². The molecule has 0 spiro atoms. The normalized spacial score (nSPS) is 14.7. The Morgan fingerprint density at radius 1 is 1.13 bits per heavy atom. The zero-order valence-electron chi connectivity index (χ0n) is 22.5. The minimum atomic E-state index is -0.317. The van der Waals surface area contributed by atoms with E-state index in [0.717, 1.165) is 62.2 Å². The number of nitrogens with zero attached hydrogens (tertiary/aromatic N) is 1. The molecule has 1 atom stereocenters. The number of anilines is 1.